The Morgan fingerprint density at radius 1 is 1.07 bits per heavy atom. The van der Waals surface area contributed by atoms with E-state index in [1.54, 1.807) is 0 Å². The maximum absolute atomic E-state index is 12.6. The SMILES string of the molecule is CCOC[C@H]1C(=O)OCN1C(=O)OCC1c2ccccc2-c2ccccc21. The lowest BCUT2D eigenvalue weighted by molar-refractivity contribution is -0.140. The highest BCUT2D eigenvalue weighted by molar-refractivity contribution is 5.84. The third kappa shape index (κ3) is 3.17. The number of nitrogens with zero attached hydrogens (tertiary/aromatic N) is 1. The molecule has 4 rings (SSSR count). The monoisotopic (exact) mass is 367 g/mol. The predicted octanol–water partition coefficient (Wildman–Crippen LogP) is 3.16. The second-order valence-corrected chi connectivity index (χ2v) is 6.54. The second kappa shape index (κ2) is 7.40. The molecule has 0 radical (unpaired) electrons. The molecule has 2 aliphatic rings. The first-order chi connectivity index (χ1) is 13.2. The quantitative estimate of drug-likeness (QED) is 0.760. The van der Waals surface area contributed by atoms with Gasteiger partial charge in [-0.1, -0.05) is 48.5 Å². The minimum atomic E-state index is -0.749. The number of esters is 1. The number of hydrogen-bond donors (Lipinski definition) is 0. The summed E-state index contributed by atoms with van der Waals surface area (Å²) in [5.74, 6) is -0.483. The average molecular weight is 367 g/mol. The number of cyclic esters (lactones) is 1. The number of hydrogen-bond acceptors (Lipinski definition) is 5. The Kier molecular flexibility index (Phi) is 4.81. The molecule has 140 valence electrons. The fourth-order valence-electron chi connectivity index (χ4n) is 3.69. The van der Waals surface area contributed by atoms with Crippen molar-refractivity contribution in [1.29, 1.82) is 0 Å². The minimum Gasteiger partial charge on any atom is -0.448 e. The maximum atomic E-state index is 12.6. The molecule has 2 aromatic rings. The van der Waals surface area contributed by atoms with Crippen LogP contribution in [0.1, 0.15) is 24.0 Å². The zero-order valence-electron chi connectivity index (χ0n) is 15.1. The van der Waals surface area contributed by atoms with Crippen LogP contribution >= 0.6 is 0 Å². The van der Waals surface area contributed by atoms with Crippen molar-refractivity contribution in [2.75, 3.05) is 26.6 Å². The molecule has 1 fully saturated rings. The molecule has 0 saturated carbocycles. The van der Waals surface area contributed by atoms with Crippen molar-refractivity contribution < 1.29 is 23.8 Å². The summed E-state index contributed by atoms with van der Waals surface area (Å²) < 4.78 is 15.9. The number of benzene rings is 2. The van der Waals surface area contributed by atoms with Crippen LogP contribution in [0.2, 0.25) is 0 Å². The molecule has 1 heterocycles. The molecule has 6 nitrogen and oxygen atoms in total. The third-order valence-electron chi connectivity index (χ3n) is 5.04. The standard InChI is InChI=1S/C21H21NO5/c1-2-25-12-19-20(23)27-13-22(19)21(24)26-11-18-16-9-5-3-7-14(16)15-8-4-6-10-17(15)18/h3-10,18-19H,2,11-13H2,1H3/t19-/m0/s1. The predicted molar refractivity (Wildman–Crippen MR) is 98.1 cm³/mol. The molecular formula is C21H21NO5. The number of rotatable bonds is 5. The van der Waals surface area contributed by atoms with Crippen LogP contribution in [0.4, 0.5) is 4.79 Å². The Labute approximate surface area is 157 Å². The van der Waals surface area contributed by atoms with Gasteiger partial charge in [0.15, 0.2) is 12.8 Å². The van der Waals surface area contributed by atoms with Crippen LogP contribution in [0.25, 0.3) is 11.1 Å². The van der Waals surface area contributed by atoms with Crippen molar-refractivity contribution >= 4 is 12.1 Å². The molecule has 1 aliphatic carbocycles. The Morgan fingerprint density at radius 2 is 1.70 bits per heavy atom. The second-order valence-electron chi connectivity index (χ2n) is 6.54. The molecule has 0 aromatic heterocycles. The van der Waals surface area contributed by atoms with Crippen LogP contribution in [-0.2, 0) is 19.0 Å². The number of ether oxygens (including phenoxy) is 3. The Hall–Kier alpha value is -2.86. The topological polar surface area (TPSA) is 65.1 Å². The number of fused-ring (bicyclic) bond motifs is 3. The summed E-state index contributed by atoms with van der Waals surface area (Å²) in [6.07, 6.45) is -0.563. The van der Waals surface area contributed by atoms with Crippen LogP contribution in [0, 0.1) is 0 Å². The number of carbonyl (C=O) groups is 2. The molecule has 1 amide bonds. The molecule has 0 N–H and O–H groups in total. The highest BCUT2D eigenvalue weighted by Crippen LogP contribution is 2.44. The molecule has 6 heteroatoms. The maximum Gasteiger partial charge on any atom is 0.413 e. The lowest BCUT2D eigenvalue weighted by Gasteiger charge is -2.21. The fourth-order valence-corrected chi connectivity index (χ4v) is 3.69. The molecule has 1 atom stereocenters. The summed E-state index contributed by atoms with van der Waals surface area (Å²) in [4.78, 5) is 25.7. The van der Waals surface area contributed by atoms with E-state index in [0.717, 1.165) is 11.1 Å². The summed E-state index contributed by atoms with van der Waals surface area (Å²) in [6.45, 7) is 2.51. The first-order valence-electron chi connectivity index (χ1n) is 9.06. The largest absolute Gasteiger partial charge is 0.448 e. The van der Waals surface area contributed by atoms with Crippen molar-refractivity contribution in [3.63, 3.8) is 0 Å². The van der Waals surface area contributed by atoms with Crippen molar-refractivity contribution in [2.45, 2.75) is 18.9 Å². The van der Waals surface area contributed by atoms with E-state index >= 15 is 0 Å². The molecule has 0 bridgehead atoms. The Morgan fingerprint density at radius 3 is 2.33 bits per heavy atom. The van der Waals surface area contributed by atoms with Gasteiger partial charge in [-0.15, -0.1) is 0 Å². The summed E-state index contributed by atoms with van der Waals surface area (Å²) in [5.41, 5.74) is 4.63. The van der Waals surface area contributed by atoms with Gasteiger partial charge in [-0.3, -0.25) is 4.90 Å². The summed E-state index contributed by atoms with van der Waals surface area (Å²) in [7, 11) is 0. The van der Waals surface area contributed by atoms with E-state index in [4.69, 9.17) is 14.2 Å². The zero-order valence-corrected chi connectivity index (χ0v) is 15.1. The van der Waals surface area contributed by atoms with Crippen molar-refractivity contribution in [1.82, 2.24) is 4.90 Å². The highest BCUT2D eigenvalue weighted by Gasteiger charge is 2.39. The van der Waals surface area contributed by atoms with Crippen molar-refractivity contribution in [3.8, 4) is 11.1 Å². The van der Waals surface area contributed by atoms with Gasteiger partial charge in [0, 0.05) is 12.5 Å². The highest BCUT2D eigenvalue weighted by atomic mass is 16.6. The van der Waals surface area contributed by atoms with Gasteiger partial charge >= 0.3 is 12.1 Å². The summed E-state index contributed by atoms with van der Waals surface area (Å²) >= 11 is 0. The first-order valence-corrected chi connectivity index (χ1v) is 9.06. The molecule has 1 saturated heterocycles. The van der Waals surface area contributed by atoms with E-state index in [-0.39, 0.29) is 25.9 Å². The van der Waals surface area contributed by atoms with Crippen LogP contribution in [-0.4, -0.2) is 49.6 Å². The van der Waals surface area contributed by atoms with Gasteiger partial charge in [0.1, 0.15) is 6.61 Å². The van der Waals surface area contributed by atoms with E-state index in [9.17, 15) is 9.59 Å². The Balaban J connectivity index is 1.49. The van der Waals surface area contributed by atoms with Gasteiger partial charge in [-0.05, 0) is 29.2 Å². The summed E-state index contributed by atoms with van der Waals surface area (Å²) in [6, 6.07) is 15.5. The first kappa shape index (κ1) is 17.5. The van der Waals surface area contributed by atoms with E-state index < -0.39 is 18.1 Å². The molecule has 2 aromatic carbocycles. The van der Waals surface area contributed by atoms with Crippen LogP contribution in [0.5, 0.6) is 0 Å². The van der Waals surface area contributed by atoms with Crippen molar-refractivity contribution in [2.24, 2.45) is 0 Å². The normalized spacial score (nSPS) is 18.2. The van der Waals surface area contributed by atoms with Gasteiger partial charge in [0.2, 0.25) is 0 Å². The molecule has 0 spiro atoms. The number of carbonyl (C=O) groups excluding carboxylic acids is 2. The summed E-state index contributed by atoms with van der Waals surface area (Å²) in [5, 5.41) is 0. The smallest absolute Gasteiger partial charge is 0.413 e. The van der Waals surface area contributed by atoms with Gasteiger partial charge in [0.05, 0.1) is 6.61 Å². The third-order valence-corrected chi connectivity index (χ3v) is 5.04. The van der Waals surface area contributed by atoms with E-state index in [2.05, 4.69) is 24.3 Å². The fraction of sp³-hybridized carbons (Fsp3) is 0.333. The lowest BCUT2D eigenvalue weighted by atomic mass is 9.98. The zero-order chi connectivity index (χ0) is 18.8. The molecule has 0 unspecified atom stereocenters. The average Bonchev–Trinajstić information content (AvgIpc) is 3.22. The number of amides is 1. The van der Waals surface area contributed by atoms with Crippen LogP contribution in [0.3, 0.4) is 0 Å². The van der Waals surface area contributed by atoms with Crippen LogP contribution in [0.15, 0.2) is 48.5 Å². The molecule has 27 heavy (non-hydrogen) atoms. The van der Waals surface area contributed by atoms with Gasteiger partial charge in [-0.25, -0.2) is 9.59 Å². The van der Waals surface area contributed by atoms with Crippen molar-refractivity contribution in [3.05, 3.63) is 59.7 Å². The van der Waals surface area contributed by atoms with Gasteiger partial charge in [0.25, 0.3) is 0 Å². The van der Waals surface area contributed by atoms with E-state index in [1.807, 2.05) is 31.2 Å². The van der Waals surface area contributed by atoms with E-state index in [0.29, 0.717) is 6.61 Å². The lowest BCUT2D eigenvalue weighted by Crippen LogP contribution is -2.41. The molecule has 1 aliphatic heterocycles. The van der Waals surface area contributed by atoms with Crippen LogP contribution < -0.4 is 0 Å². The van der Waals surface area contributed by atoms with Gasteiger partial charge in [-0.2, -0.15) is 0 Å². The van der Waals surface area contributed by atoms with E-state index in [1.165, 1.54) is 16.0 Å². The Bertz CT molecular complexity index is 820. The van der Waals surface area contributed by atoms with Gasteiger partial charge < -0.3 is 14.2 Å². The molecular weight excluding hydrogens is 346 g/mol. The minimum absolute atomic E-state index is 0.0223.